The molecule has 0 saturated carbocycles. The van der Waals surface area contributed by atoms with E-state index in [1.807, 2.05) is 26.0 Å². The van der Waals surface area contributed by atoms with Crippen molar-refractivity contribution < 1.29 is 9.59 Å². The van der Waals surface area contributed by atoms with Crippen LogP contribution in [-0.4, -0.2) is 24.4 Å². The number of nitrogens with one attached hydrogen (secondary N) is 2. The minimum absolute atomic E-state index is 0.164. The number of carbonyl (C=O) groups excluding carboxylic acids is 2. The smallest absolute Gasteiger partial charge is 0.252 e. The Hall–Kier alpha value is -1.36. The minimum atomic E-state index is -0.544. The third-order valence-corrected chi connectivity index (χ3v) is 3.23. The van der Waals surface area contributed by atoms with Gasteiger partial charge in [0.1, 0.15) is 6.04 Å². The maximum atomic E-state index is 12.1. The Morgan fingerprint density at radius 3 is 2.68 bits per heavy atom. The average Bonchev–Trinajstić information content (AvgIpc) is 2.38. The molecule has 19 heavy (non-hydrogen) atoms. The van der Waals surface area contributed by atoms with Gasteiger partial charge in [0.15, 0.2) is 0 Å². The van der Waals surface area contributed by atoms with Gasteiger partial charge in [-0.25, -0.2) is 0 Å². The van der Waals surface area contributed by atoms with E-state index >= 15 is 0 Å². The van der Waals surface area contributed by atoms with Gasteiger partial charge in [-0.1, -0.05) is 28.9 Å². The van der Waals surface area contributed by atoms with Crippen LogP contribution in [0.1, 0.15) is 36.2 Å². The van der Waals surface area contributed by atoms with E-state index in [1.54, 1.807) is 13.0 Å². The van der Waals surface area contributed by atoms with E-state index in [9.17, 15) is 9.59 Å². The SMILES string of the molecule is CCCNC(=O)C(C)NC(=O)c1cc(Br)ccc1C. The predicted octanol–water partition coefficient (Wildman–Crippen LogP) is 2.40. The lowest BCUT2D eigenvalue weighted by Crippen LogP contribution is -2.45. The second kappa shape index (κ2) is 7.28. The molecule has 1 atom stereocenters. The number of aryl methyl sites for hydroxylation is 1. The molecule has 1 aromatic rings. The highest BCUT2D eigenvalue weighted by Gasteiger charge is 2.17. The molecule has 0 aliphatic carbocycles. The summed E-state index contributed by atoms with van der Waals surface area (Å²) in [6.07, 6.45) is 0.872. The molecule has 0 fully saturated rings. The van der Waals surface area contributed by atoms with Crippen molar-refractivity contribution in [2.45, 2.75) is 33.2 Å². The lowest BCUT2D eigenvalue weighted by atomic mass is 10.1. The van der Waals surface area contributed by atoms with Crippen molar-refractivity contribution >= 4 is 27.7 Å². The van der Waals surface area contributed by atoms with Gasteiger partial charge >= 0.3 is 0 Å². The molecule has 2 N–H and O–H groups in total. The van der Waals surface area contributed by atoms with Crippen molar-refractivity contribution in [2.75, 3.05) is 6.54 Å². The van der Waals surface area contributed by atoms with Gasteiger partial charge in [-0.2, -0.15) is 0 Å². The summed E-state index contributed by atoms with van der Waals surface area (Å²) in [5.41, 5.74) is 1.45. The first-order chi connectivity index (χ1) is 8.95. The highest BCUT2D eigenvalue weighted by Crippen LogP contribution is 2.16. The Balaban J connectivity index is 2.68. The number of benzene rings is 1. The quantitative estimate of drug-likeness (QED) is 0.872. The normalized spacial score (nSPS) is 11.8. The van der Waals surface area contributed by atoms with Gasteiger partial charge in [0.2, 0.25) is 5.91 Å². The van der Waals surface area contributed by atoms with E-state index < -0.39 is 6.04 Å². The van der Waals surface area contributed by atoms with Crippen molar-refractivity contribution in [2.24, 2.45) is 0 Å². The van der Waals surface area contributed by atoms with Crippen LogP contribution in [0.2, 0.25) is 0 Å². The Labute approximate surface area is 122 Å². The first-order valence-corrected chi connectivity index (χ1v) is 7.09. The fourth-order valence-corrected chi connectivity index (χ4v) is 1.94. The molecule has 0 spiro atoms. The highest BCUT2D eigenvalue weighted by molar-refractivity contribution is 9.10. The maximum Gasteiger partial charge on any atom is 0.252 e. The van der Waals surface area contributed by atoms with Gasteiger partial charge in [0.25, 0.3) is 5.91 Å². The van der Waals surface area contributed by atoms with E-state index in [4.69, 9.17) is 0 Å². The molecule has 0 aliphatic rings. The van der Waals surface area contributed by atoms with Crippen LogP contribution >= 0.6 is 15.9 Å². The summed E-state index contributed by atoms with van der Waals surface area (Å²) in [5, 5.41) is 5.45. The molecule has 0 aliphatic heterocycles. The van der Waals surface area contributed by atoms with Gasteiger partial charge in [-0.05, 0) is 38.0 Å². The molecule has 1 aromatic carbocycles. The van der Waals surface area contributed by atoms with Gasteiger partial charge in [0, 0.05) is 16.6 Å². The topological polar surface area (TPSA) is 58.2 Å². The zero-order valence-corrected chi connectivity index (χ0v) is 13.0. The summed E-state index contributed by atoms with van der Waals surface area (Å²) in [6, 6.07) is 4.95. The number of amides is 2. The zero-order valence-electron chi connectivity index (χ0n) is 11.4. The first-order valence-electron chi connectivity index (χ1n) is 6.30. The van der Waals surface area contributed by atoms with Crippen molar-refractivity contribution in [1.29, 1.82) is 0 Å². The van der Waals surface area contributed by atoms with Gasteiger partial charge in [-0.15, -0.1) is 0 Å². The third kappa shape index (κ3) is 4.67. The van der Waals surface area contributed by atoms with Crippen molar-refractivity contribution in [3.63, 3.8) is 0 Å². The lowest BCUT2D eigenvalue weighted by molar-refractivity contribution is -0.122. The second-order valence-corrected chi connectivity index (χ2v) is 5.36. The molecule has 5 heteroatoms. The van der Waals surface area contributed by atoms with Crippen LogP contribution in [0.3, 0.4) is 0 Å². The summed E-state index contributed by atoms with van der Waals surface area (Å²) in [7, 11) is 0. The number of rotatable bonds is 5. The van der Waals surface area contributed by atoms with E-state index in [1.165, 1.54) is 0 Å². The molecule has 0 aromatic heterocycles. The van der Waals surface area contributed by atoms with E-state index in [0.29, 0.717) is 12.1 Å². The molecule has 104 valence electrons. The molecular weight excluding hydrogens is 308 g/mol. The summed E-state index contributed by atoms with van der Waals surface area (Å²) >= 11 is 3.33. The Morgan fingerprint density at radius 2 is 2.05 bits per heavy atom. The lowest BCUT2D eigenvalue weighted by Gasteiger charge is -2.15. The van der Waals surface area contributed by atoms with Crippen LogP contribution in [0.5, 0.6) is 0 Å². The summed E-state index contributed by atoms with van der Waals surface area (Å²) in [6.45, 7) is 6.14. The Morgan fingerprint density at radius 1 is 1.37 bits per heavy atom. The standard InChI is InChI=1S/C14H19BrN2O2/c1-4-7-16-13(18)10(3)17-14(19)12-8-11(15)6-5-9(12)2/h5-6,8,10H,4,7H2,1-3H3,(H,16,18)(H,17,19). The maximum absolute atomic E-state index is 12.1. The van der Waals surface area contributed by atoms with Crippen LogP contribution in [0.4, 0.5) is 0 Å². The molecule has 2 amide bonds. The summed E-state index contributed by atoms with van der Waals surface area (Å²) in [4.78, 5) is 23.8. The second-order valence-electron chi connectivity index (χ2n) is 4.45. The Bertz CT molecular complexity index is 475. The molecule has 0 bridgehead atoms. The predicted molar refractivity (Wildman–Crippen MR) is 79.1 cm³/mol. The first kappa shape index (κ1) is 15.7. The van der Waals surface area contributed by atoms with Crippen LogP contribution in [-0.2, 0) is 4.79 Å². The highest BCUT2D eigenvalue weighted by atomic mass is 79.9. The molecule has 1 rings (SSSR count). The molecule has 0 radical (unpaired) electrons. The van der Waals surface area contributed by atoms with Crippen LogP contribution in [0.15, 0.2) is 22.7 Å². The monoisotopic (exact) mass is 326 g/mol. The van der Waals surface area contributed by atoms with E-state index in [2.05, 4.69) is 26.6 Å². The van der Waals surface area contributed by atoms with Crippen LogP contribution < -0.4 is 10.6 Å². The molecule has 0 saturated heterocycles. The third-order valence-electron chi connectivity index (χ3n) is 2.73. The minimum Gasteiger partial charge on any atom is -0.354 e. The van der Waals surface area contributed by atoms with Gasteiger partial charge < -0.3 is 10.6 Å². The number of carbonyl (C=O) groups is 2. The van der Waals surface area contributed by atoms with Gasteiger partial charge in [0.05, 0.1) is 0 Å². The number of hydrogen-bond donors (Lipinski definition) is 2. The molecule has 4 nitrogen and oxygen atoms in total. The number of halogens is 1. The number of hydrogen-bond acceptors (Lipinski definition) is 2. The molecule has 0 heterocycles. The summed E-state index contributed by atoms with van der Waals surface area (Å²) < 4.78 is 0.839. The fraction of sp³-hybridized carbons (Fsp3) is 0.429. The van der Waals surface area contributed by atoms with E-state index in [0.717, 1.165) is 16.5 Å². The van der Waals surface area contributed by atoms with Crippen molar-refractivity contribution in [3.05, 3.63) is 33.8 Å². The van der Waals surface area contributed by atoms with E-state index in [-0.39, 0.29) is 11.8 Å². The average molecular weight is 327 g/mol. The molecular formula is C14H19BrN2O2. The van der Waals surface area contributed by atoms with Crippen LogP contribution in [0, 0.1) is 6.92 Å². The fourth-order valence-electron chi connectivity index (χ4n) is 1.58. The van der Waals surface area contributed by atoms with Crippen molar-refractivity contribution in [1.82, 2.24) is 10.6 Å². The summed E-state index contributed by atoms with van der Waals surface area (Å²) in [5.74, 6) is -0.402. The Kier molecular flexibility index (Phi) is 6.02. The zero-order chi connectivity index (χ0) is 14.4. The van der Waals surface area contributed by atoms with Crippen molar-refractivity contribution in [3.8, 4) is 0 Å². The van der Waals surface area contributed by atoms with Gasteiger partial charge in [-0.3, -0.25) is 9.59 Å². The molecule has 1 unspecified atom stereocenters. The largest absolute Gasteiger partial charge is 0.354 e. The van der Waals surface area contributed by atoms with Crippen LogP contribution in [0.25, 0.3) is 0 Å².